The number of H-pyrrole nitrogens is 1. The van der Waals surface area contributed by atoms with E-state index in [0.29, 0.717) is 12.0 Å². The van der Waals surface area contributed by atoms with Crippen LogP contribution in [0.2, 0.25) is 0 Å². The Kier molecular flexibility index (Phi) is 4.01. The molecule has 3 aromatic rings. The van der Waals surface area contributed by atoms with Crippen molar-refractivity contribution in [3.05, 3.63) is 80.3 Å². The summed E-state index contributed by atoms with van der Waals surface area (Å²) in [4.78, 5) is 39.6. The minimum Gasteiger partial charge on any atom is -0.365 e. The Bertz CT molecular complexity index is 1230. The van der Waals surface area contributed by atoms with Crippen molar-refractivity contribution in [2.45, 2.75) is 38.1 Å². The fraction of sp³-hybridized carbons (Fsp3) is 0.261. The Hall–Kier alpha value is -3.41. The first-order valence-electron chi connectivity index (χ1n) is 9.93. The molecule has 2 aliphatic carbocycles. The highest BCUT2D eigenvalue weighted by atomic mass is 16.2. The molecule has 1 unspecified atom stereocenters. The zero-order valence-electron chi connectivity index (χ0n) is 15.9. The SMILES string of the molecule is NC(=O)c1cc2c([nH]c1=O)CCCC2NC(=O)c1ccc2c3c(cccc13)CC2. The maximum atomic E-state index is 13.2. The van der Waals surface area contributed by atoms with E-state index in [9.17, 15) is 14.4 Å². The largest absolute Gasteiger partial charge is 0.365 e. The van der Waals surface area contributed by atoms with Crippen LogP contribution in [-0.2, 0) is 19.3 Å². The zero-order valence-corrected chi connectivity index (χ0v) is 15.9. The van der Waals surface area contributed by atoms with Crippen LogP contribution in [0.25, 0.3) is 10.8 Å². The van der Waals surface area contributed by atoms with Gasteiger partial charge in [-0.25, -0.2) is 0 Å². The van der Waals surface area contributed by atoms with E-state index in [2.05, 4.69) is 16.4 Å². The number of fused-ring (bicyclic) bond motifs is 1. The summed E-state index contributed by atoms with van der Waals surface area (Å²) in [6, 6.07) is 11.3. The molecule has 0 bridgehead atoms. The van der Waals surface area contributed by atoms with E-state index in [1.807, 2.05) is 24.3 Å². The summed E-state index contributed by atoms with van der Waals surface area (Å²) in [5.74, 6) is -0.914. The molecule has 6 heteroatoms. The number of hydrogen-bond donors (Lipinski definition) is 3. The average Bonchev–Trinajstić information content (AvgIpc) is 3.12. The Morgan fingerprint density at radius 3 is 2.62 bits per heavy atom. The number of rotatable bonds is 3. The molecular weight excluding hydrogens is 366 g/mol. The van der Waals surface area contributed by atoms with Gasteiger partial charge in [0.05, 0.1) is 6.04 Å². The maximum absolute atomic E-state index is 13.2. The van der Waals surface area contributed by atoms with Crippen LogP contribution in [0, 0.1) is 0 Å². The molecule has 6 nitrogen and oxygen atoms in total. The molecule has 1 atom stereocenters. The Balaban J connectivity index is 1.52. The number of primary amides is 1. The molecule has 1 aromatic heterocycles. The number of carbonyl (C=O) groups is 2. The third-order valence-electron chi connectivity index (χ3n) is 6.14. The van der Waals surface area contributed by atoms with E-state index >= 15 is 0 Å². The van der Waals surface area contributed by atoms with E-state index in [4.69, 9.17) is 5.73 Å². The number of benzene rings is 2. The predicted molar refractivity (Wildman–Crippen MR) is 110 cm³/mol. The van der Waals surface area contributed by atoms with Gasteiger partial charge in [0.2, 0.25) is 0 Å². The van der Waals surface area contributed by atoms with Crippen LogP contribution in [0.1, 0.15) is 62.0 Å². The van der Waals surface area contributed by atoms with Crippen LogP contribution in [0.4, 0.5) is 0 Å². The van der Waals surface area contributed by atoms with E-state index in [1.165, 1.54) is 22.6 Å². The fourth-order valence-electron chi connectivity index (χ4n) is 4.75. The highest BCUT2D eigenvalue weighted by molar-refractivity contribution is 6.09. The Labute approximate surface area is 167 Å². The van der Waals surface area contributed by atoms with Crippen LogP contribution in [0.3, 0.4) is 0 Å². The molecule has 2 aromatic carbocycles. The molecule has 5 rings (SSSR count). The number of aromatic amines is 1. The van der Waals surface area contributed by atoms with E-state index in [0.717, 1.165) is 42.3 Å². The van der Waals surface area contributed by atoms with Crippen molar-refractivity contribution < 1.29 is 9.59 Å². The molecule has 2 amide bonds. The predicted octanol–water partition coefficient (Wildman–Crippen LogP) is 2.53. The molecular formula is C23H21N3O3. The third-order valence-corrected chi connectivity index (χ3v) is 6.14. The lowest BCUT2D eigenvalue weighted by Gasteiger charge is -2.26. The van der Waals surface area contributed by atoms with Gasteiger partial charge >= 0.3 is 0 Å². The van der Waals surface area contributed by atoms with E-state index in [-0.39, 0.29) is 17.5 Å². The molecule has 4 N–H and O–H groups in total. The summed E-state index contributed by atoms with van der Waals surface area (Å²) < 4.78 is 0. The standard InChI is InChI=1S/C23H21N3O3/c24-21(27)17-11-16-18(5-2-6-19(16)26-23(17)29)25-22(28)15-10-9-13-8-7-12-3-1-4-14(15)20(12)13/h1,3-4,9-11,18H,2,5-8H2,(H2,24,27)(H,25,28)(H,26,29). The van der Waals surface area contributed by atoms with Gasteiger partial charge in [0.15, 0.2) is 0 Å². The first kappa shape index (κ1) is 17.7. The lowest BCUT2D eigenvalue weighted by Crippen LogP contribution is -2.34. The van der Waals surface area contributed by atoms with Gasteiger partial charge in [0.25, 0.3) is 17.4 Å². The second-order valence-corrected chi connectivity index (χ2v) is 7.84. The molecule has 29 heavy (non-hydrogen) atoms. The number of aromatic nitrogens is 1. The topological polar surface area (TPSA) is 105 Å². The molecule has 1 heterocycles. The number of hydrogen-bond acceptors (Lipinski definition) is 3. The van der Waals surface area contributed by atoms with Crippen molar-refractivity contribution >= 4 is 22.6 Å². The smallest absolute Gasteiger partial charge is 0.261 e. The number of amides is 2. The summed E-state index contributed by atoms with van der Waals surface area (Å²) >= 11 is 0. The highest BCUT2D eigenvalue weighted by Gasteiger charge is 2.26. The van der Waals surface area contributed by atoms with Gasteiger partial charge in [-0.2, -0.15) is 0 Å². The van der Waals surface area contributed by atoms with Gasteiger partial charge in [-0.1, -0.05) is 24.3 Å². The number of aryl methyl sites for hydroxylation is 3. The van der Waals surface area contributed by atoms with Gasteiger partial charge in [0.1, 0.15) is 5.56 Å². The summed E-state index contributed by atoms with van der Waals surface area (Å²) in [7, 11) is 0. The molecule has 0 saturated heterocycles. The van der Waals surface area contributed by atoms with Gasteiger partial charge in [0, 0.05) is 11.3 Å². The molecule has 0 spiro atoms. The fourth-order valence-corrected chi connectivity index (χ4v) is 4.75. The first-order valence-corrected chi connectivity index (χ1v) is 9.93. The number of pyridine rings is 1. The van der Waals surface area contributed by atoms with Gasteiger partial charge < -0.3 is 16.0 Å². The number of nitrogens with one attached hydrogen (secondary N) is 2. The highest BCUT2D eigenvalue weighted by Crippen LogP contribution is 2.34. The third kappa shape index (κ3) is 2.83. The van der Waals surface area contributed by atoms with Crippen molar-refractivity contribution in [1.82, 2.24) is 10.3 Å². The first-order chi connectivity index (χ1) is 14.0. The van der Waals surface area contributed by atoms with Crippen molar-refractivity contribution in [1.29, 1.82) is 0 Å². The second kappa shape index (κ2) is 6.58. The van der Waals surface area contributed by atoms with Crippen molar-refractivity contribution in [2.75, 3.05) is 0 Å². The van der Waals surface area contributed by atoms with Gasteiger partial charge in [-0.3, -0.25) is 14.4 Å². The van der Waals surface area contributed by atoms with Crippen LogP contribution in [0.5, 0.6) is 0 Å². The molecule has 0 aliphatic heterocycles. The molecule has 2 aliphatic rings. The summed E-state index contributed by atoms with van der Waals surface area (Å²) in [5.41, 5.74) is 9.55. The maximum Gasteiger partial charge on any atom is 0.261 e. The monoisotopic (exact) mass is 387 g/mol. The van der Waals surface area contributed by atoms with Crippen LogP contribution < -0.4 is 16.6 Å². The minimum absolute atomic E-state index is 0.0739. The zero-order chi connectivity index (χ0) is 20.1. The normalized spacial score (nSPS) is 17.2. The minimum atomic E-state index is -0.766. The van der Waals surface area contributed by atoms with Gasteiger partial charge in [-0.05, 0) is 71.7 Å². The number of carbonyl (C=O) groups excluding carboxylic acids is 2. The van der Waals surface area contributed by atoms with E-state index < -0.39 is 11.5 Å². The lowest BCUT2D eigenvalue weighted by atomic mass is 9.89. The molecule has 0 fully saturated rings. The van der Waals surface area contributed by atoms with Gasteiger partial charge in [-0.15, -0.1) is 0 Å². The summed E-state index contributed by atoms with van der Waals surface area (Å²) in [6.45, 7) is 0. The van der Waals surface area contributed by atoms with Crippen molar-refractivity contribution in [3.8, 4) is 0 Å². The van der Waals surface area contributed by atoms with E-state index in [1.54, 1.807) is 0 Å². The van der Waals surface area contributed by atoms with Crippen LogP contribution >= 0.6 is 0 Å². The lowest BCUT2D eigenvalue weighted by molar-refractivity contribution is 0.0934. The Morgan fingerprint density at radius 1 is 1.03 bits per heavy atom. The molecule has 146 valence electrons. The summed E-state index contributed by atoms with van der Waals surface area (Å²) in [6.07, 6.45) is 4.31. The van der Waals surface area contributed by atoms with Crippen molar-refractivity contribution in [2.24, 2.45) is 5.73 Å². The Morgan fingerprint density at radius 2 is 1.83 bits per heavy atom. The second-order valence-electron chi connectivity index (χ2n) is 7.84. The molecule has 0 saturated carbocycles. The van der Waals surface area contributed by atoms with Crippen molar-refractivity contribution in [3.63, 3.8) is 0 Å². The summed E-state index contributed by atoms with van der Waals surface area (Å²) in [5, 5.41) is 5.29. The average molecular weight is 387 g/mol. The van der Waals surface area contributed by atoms with Crippen LogP contribution in [0.15, 0.2) is 41.2 Å². The number of nitrogens with two attached hydrogens (primary N) is 1. The van der Waals surface area contributed by atoms with Crippen LogP contribution in [-0.4, -0.2) is 16.8 Å². The quantitative estimate of drug-likeness (QED) is 0.643. The molecule has 0 radical (unpaired) electrons.